The van der Waals surface area contributed by atoms with E-state index in [9.17, 15) is 30.0 Å². The van der Waals surface area contributed by atoms with Crippen molar-refractivity contribution >= 4 is 22.5 Å². The van der Waals surface area contributed by atoms with E-state index in [1.807, 2.05) is 18.2 Å². The van der Waals surface area contributed by atoms with Crippen LogP contribution in [0.5, 0.6) is 0 Å². The molecule has 0 radical (unpaired) electrons. The number of aliphatic hydroxyl groups is 5. The highest BCUT2D eigenvalue weighted by molar-refractivity contribution is 6.39. The van der Waals surface area contributed by atoms with Crippen LogP contribution in [-0.2, 0) is 16.0 Å². The van der Waals surface area contributed by atoms with E-state index in [4.69, 9.17) is 5.11 Å². The molecule has 24 heavy (non-hydrogen) atoms. The lowest BCUT2D eigenvalue weighted by Gasteiger charge is -2.24. The van der Waals surface area contributed by atoms with Crippen LogP contribution >= 0.6 is 0 Å². The highest BCUT2D eigenvalue weighted by Gasteiger charge is 2.36. The van der Waals surface area contributed by atoms with Gasteiger partial charge in [-0.1, -0.05) is 18.2 Å². The lowest BCUT2D eigenvalue weighted by molar-refractivity contribution is -0.154. The van der Waals surface area contributed by atoms with Crippen LogP contribution in [-0.4, -0.2) is 73.1 Å². The van der Waals surface area contributed by atoms with Crippen LogP contribution in [0.3, 0.4) is 0 Å². The molecule has 1 aromatic heterocycles. The molecular weight excluding hydrogens is 318 g/mol. The molecule has 8 heteroatoms. The van der Waals surface area contributed by atoms with Crippen LogP contribution < -0.4 is 0 Å². The van der Waals surface area contributed by atoms with E-state index >= 15 is 0 Å². The predicted molar refractivity (Wildman–Crippen MR) is 83.1 cm³/mol. The first-order valence-electron chi connectivity index (χ1n) is 7.32. The first-order chi connectivity index (χ1) is 11.3. The normalized spacial score (nSPS) is 16.5. The molecule has 8 nitrogen and oxygen atoms in total. The maximum atomic E-state index is 12.0. The number of rotatable bonds is 8. The number of aliphatic hydroxyl groups excluding tert-OH is 5. The van der Waals surface area contributed by atoms with Crippen molar-refractivity contribution in [3.8, 4) is 0 Å². The van der Waals surface area contributed by atoms with Gasteiger partial charge >= 0.3 is 0 Å². The number of aromatic amines is 1. The molecule has 0 aliphatic heterocycles. The monoisotopic (exact) mass is 337 g/mol. The fourth-order valence-corrected chi connectivity index (χ4v) is 2.33. The topological polar surface area (TPSA) is 151 Å². The van der Waals surface area contributed by atoms with E-state index < -0.39 is 42.6 Å². The summed E-state index contributed by atoms with van der Waals surface area (Å²) >= 11 is 0. The maximum absolute atomic E-state index is 12.0. The second-order valence-electron chi connectivity index (χ2n) is 5.52. The van der Waals surface area contributed by atoms with Crippen molar-refractivity contribution in [1.82, 2.24) is 4.98 Å². The summed E-state index contributed by atoms with van der Waals surface area (Å²) in [5.41, 5.74) is 1.25. The number of Topliss-reactive ketones (excluding diaryl/α,β-unsaturated/α-hetero) is 2. The highest BCUT2D eigenvalue weighted by atomic mass is 16.4. The maximum Gasteiger partial charge on any atom is 0.229 e. The van der Waals surface area contributed by atoms with Gasteiger partial charge in [-0.3, -0.25) is 9.59 Å². The Morgan fingerprint density at radius 3 is 2.33 bits per heavy atom. The molecule has 4 atom stereocenters. The Morgan fingerprint density at radius 2 is 1.71 bits per heavy atom. The number of aromatic nitrogens is 1. The molecule has 2 aromatic rings. The van der Waals surface area contributed by atoms with E-state index in [2.05, 4.69) is 4.98 Å². The Labute approximate surface area is 137 Å². The molecule has 0 aliphatic carbocycles. The quantitative estimate of drug-likeness (QED) is 0.314. The van der Waals surface area contributed by atoms with Gasteiger partial charge in [0.1, 0.15) is 24.4 Å². The number of hydrogen-bond donors (Lipinski definition) is 6. The lowest BCUT2D eigenvalue weighted by Crippen LogP contribution is -2.50. The van der Waals surface area contributed by atoms with Crippen LogP contribution in [0.2, 0.25) is 0 Å². The number of nitrogens with one attached hydrogen (secondary N) is 1. The molecule has 0 amide bonds. The Morgan fingerprint density at radius 1 is 1.04 bits per heavy atom. The molecule has 0 bridgehead atoms. The van der Waals surface area contributed by atoms with Crippen LogP contribution in [0.15, 0.2) is 30.3 Å². The fourth-order valence-electron chi connectivity index (χ4n) is 2.33. The summed E-state index contributed by atoms with van der Waals surface area (Å²) in [5, 5.41) is 47.6. The Hall–Kier alpha value is -2.10. The third kappa shape index (κ3) is 3.86. The molecule has 0 saturated heterocycles. The van der Waals surface area contributed by atoms with Crippen molar-refractivity contribution < 1.29 is 35.1 Å². The number of carbonyl (C=O) groups is 2. The van der Waals surface area contributed by atoms with Crippen LogP contribution in [0, 0.1) is 0 Å². The number of para-hydroxylation sites is 1. The molecule has 2 rings (SSSR count). The molecule has 0 fully saturated rings. The van der Waals surface area contributed by atoms with Crippen molar-refractivity contribution in [2.45, 2.75) is 30.8 Å². The summed E-state index contributed by atoms with van der Waals surface area (Å²) in [6.45, 7) is -0.873. The first-order valence-corrected chi connectivity index (χ1v) is 7.32. The largest absolute Gasteiger partial charge is 0.394 e. The van der Waals surface area contributed by atoms with Gasteiger partial charge in [0.05, 0.1) is 13.0 Å². The third-order valence-electron chi connectivity index (χ3n) is 3.73. The van der Waals surface area contributed by atoms with Gasteiger partial charge in [-0.25, -0.2) is 0 Å². The van der Waals surface area contributed by atoms with Crippen LogP contribution in [0.25, 0.3) is 10.9 Å². The van der Waals surface area contributed by atoms with E-state index in [0.717, 1.165) is 10.9 Å². The third-order valence-corrected chi connectivity index (χ3v) is 3.73. The molecule has 0 spiro atoms. The molecule has 130 valence electrons. The second-order valence-corrected chi connectivity index (χ2v) is 5.52. The van der Waals surface area contributed by atoms with Gasteiger partial charge in [0.2, 0.25) is 11.6 Å². The Bertz CT molecular complexity index is 693. The lowest BCUT2D eigenvalue weighted by atomic mass is 9.97. The van der Waals surface area contributed by atoms with E-state index in [1.54, 1.807) is 12.1 Å². The minimum absolute atomic E-state index is 0.310. The molecule has 6 N–H and O–H groups in total. The number of ketones is 2. The molecular formula is C16H19NO7. The SMILES string of the molecule is O=C(Cc1cc2ccccc2[nH]1)C(=O)C(O)C(O)C(O)C(O)CO. The molecule has 0 saturated carbocycles. The Balaban J connectivity index is 2.04. The van der Waals surface area contributed by atoms with Gasteiger partial charge in [0.15, 0.2) is 0 Å². The molecule has 0 aliphatic rings. The Kier molecular flexibility index (Phi) is 5.81. The van der Waals surface area contributed by atoms with E-state index in [1.165, 1.54) is 0 Å². The van der Waals surface area contributed by atoms with Crippen molar-refractivity contribution in [3.63, 3.8) is 0 Å². The summed E-state index contributed by atoms with van der Waals surface area (Å²) < 4.78 is 0. The summed E-state index contributed by atoms with van der Waals surface area (Å²) in [6, 6.07) is 8.95. The predicted octanol–water partition coefficient (Wildman–Crippen LogP) is -1.72. The zero-order valence-electron chi connectivity index (χ0n) is 12.7. The fraction of sp³-hybridized carbons (Fsp3) is 0.375. The molecule has 4 unspecified atom stereocenters. The van der Waals surface area contributed by atoms with Crippen LogP contribution in [0.1, 0.15) is 5.69 Å². The molecule has 1 heterocycles. The van der Waals surface area contributed by atoms with Crippen molar-refractivity contribution in [2.75, 3.05) is 6.61 Å². The van der Waals surface area contributed by atoms with Gasteiger partial charge in [-0.2, -0.15) is 0 Å². The number of carbonyl (C=O) groups excluding carboxylic acids is 2. The van der Waals surface area contributed by atoms with Crippen molar-refractivity contribution in [1.29, 1.82) is 0 Å². The van der Waals surface area contributed by atoms with Gasteiger partial charge in [-0.05, 0) is 17.5 Å². The average Bonchev–Trinajstić information content (AvgIpc) is 3.00. The zero-order valence-corrected chi connectivity index (χ0v) is 12.7. The summed E-state index contributed by atoms with van der Waals surface area (Å²) in [4.78, 5) is 26.8. The number of H-pyrrole nitrogens is 1. The standard InChI is InChI=1S/C16H19NO7/c18-7-12(20)14(22)16(24)15(23)13(21)11(19)6-9-5-8-3-1-2-4-10(8)17-9/h1-5,12,14-18,20,22-24H,6-7H2. The van der Waals surface area contributed by atoms with Crippen molar-refractivity contribution in [2.24, 2.45) is 0 Å². The second kappa shape index (κ2) is 7.65. The zero-order chi connectivity index (χ0) is 17.9. The minimum Gasteiger partial charge on any atom is -0.394 e. The minimum atomic E-state index is -2.20. The summed E-state index contributed by atoms with van der Waals surface area (Å²) in [6.07, 6.45) is -8.30. The van der Waals surface area contributed by atoms with Gasteiger partial charge in [0.25, 0.3) is 0 Å². The van der Waals surface area contributed by atoms with E-state index in [0.29, 0.717) is 5.69 Å². The van der Waals surface area contributed by atoms with Gasteiger partial charge in [-0.15, -0.1) is 0 Å². The first kappa shape index (κ1) is 18.2. The molecule has 1 aromatic carbocycles. The van der Waals surface area contributed by atoms with E-state index in [-0.39, 0.29) is 6.42 Å². The van der Waals surface area contributed by atoms with Crippen LogP contribution in [0.4, 0.5) is 0 Å². The average molecular weight is 337 g/mol. The number of benzene rings is 1. The summed E-state index contributed by atoms with van der Waals surface area (Å²) in [7, 11) is 0. The van der Waals surface area contributed by atoms with Crippen molar-refractivity contribution in [3.05, 3.63) is 36.0 Å². The highest BCUT2D eigenvalue weighted by Crippen LogP contribution is 2.15. The number of hydrogen-bond acceptors (Lipinski definition) is 7. The van der Waals surface area contributed by atoms with Gasteiger partial charge < -0.3 is 30.5 Å². The number of fused-ring (bicyclic) bond motifs is 1. The smallest absolute Gasteiger partial charge is 0.229 e. The summed E-state index contributed by atoms with van der Waals surface area (Å²) in [5.74, 6) is -2.25. The van der Waals surface area contributed by atoms with Gasteiger partial charge in [0, 0.05) is 11.2 Å².